The van der Waals surface area contributed by atoms with Crippen LogP contribution >= 0.6 is 15.9 Å². The average molecular weight is 310 g/mol. The number of aryl methyl sites for hydroxylation is 2. The number of hydrogen-bond donors (Lipinski definition) is 1. The van der Waals surface area contributed by atoms with E-state index in [1.54, 1.807) is 0 Å². The number of nitrogens with one attached hydrogen (secondary N) is 1. The predicted molar refractivity (Wildman–Crippen MR) is 79.9 cm³/mol. The molecule has 0 atom stereocenters. The van der Waals surface area contributed by atoms with Crippen LogP contribution in [0.2, 0.25) is 0 Å². The van der Waals surface area contributed by atoms with Gasteiger partial charge in [-0.2, -0.15) is 0 Å². The summed E-state index contributed by atoms with van der Waals surface area (Å²) in [5, 5.41) is 4.64. The molecule has 2 rings (SSSR count). The van der Waals surface area contributed by atoms with Crippen LogP contribution < -0.4 is 5.32 Å². The second kappa shape index (κ2) is 5.45. The van der Waals surface area contributed by atoms with E-state index in [9.17, 15) is 0 Å². The van der Waals surface area contributed by atoms with Crippen molar-refractivity contribution in [1.29, 1.82) is 0 Å². The second-order valence-corrected chi connectivity index (χ2v) is 6.15. The third-order valence-electron chi connectivity index (χ3n) is 3.07. The topological polar surface area (TPSA) is 25.2 Å². The Hall–Kier alpha value is -0.800. The van der Waals surface area contributed by atoms with Crippen LogP contribution in [-0.2, 0) is 6.54 Å². The van der Waals surface area contributed by atoms with Crippen molar-refractivity contribution >= 4 is 26.9 Å². The Labute approximate surface area is 117 Å². The standard InChI is InChI=1S/C15H20BrNO/c1-9(2)7-17-8-14-11(4)12-5-10(3)6-13(16)15(12)18-14/h5-6,9,17H,7-8H2,1-4H3. The van der Waals surface area contributed by atoms with Crippen LogP contribution in [-0.4, -0.2) is 6.54 Å². The van der Waals surface area contributed by atoms with Gasteiger partial charge in [-0.05, 0) is 65.5 Å². The third-order valence-corrected chi connectivity index (χ3v) is 3.66. The van der Waals surface area contributed by atoms with Crippen molar-refractivity contribution in [1.82, 2.24) is 5.32 Å². The Morgan fingerprint density at radius 3 is 2.67 bits per heavy atom. The van der Waals surface area contributed by atoms with Crippen molar-refractivity contribution in [2.75, 3.05) is 6.54 Å². The van der Waals surface area contributed by atoms with Crippen molar-refractivity contribution < 1.29 is 4.42 Å². The summed E-state index contributed by atoms with van der Waals surface area (Å²) >= 11 is 3.57. The summed E-state index contributed by atoms with van der Waals surface area (Å²) < 4.78 is 6.99. The maximum absolute atomic E-state index is 5.96. The van der Waals surface area contributed by atoms with Crippen molar-refractivity contribution in [2.24, 2.45) is 5.92 Å². The molecule has 0 aliphatic rings. The highest BCUT2D eigenvalue weighted by Crippen LogP contribution is 2.32. The summed E-state index contributed by atoms with van der Waals surface area (Å²) in [5.74, 6) is 1.70. The first-order chi connectivity index (χ1) is 8.49. The fraction of sp³-hybridized carbons (Fsp3) is 0.467. The molecule has 98 valence electrons. The van der Waals surface area contributed by atoms with Crippen LogP contribution in [0.1, 0.15) is 30.7 Å². The molecule has 0 amide bonds. The highest BCUT2D eigenvalue weighted by atomic mass is 79.9. The molecule has 0 radical (unpaired) electrons. The molecule has 0 saturated heterocycles. The van der Waals surface area contributed by atoms with Gasteiger partial charge >= 0.3 is 0 Å². The molecule has 0 saturated carbocycles. The van der Waals surface area contributed by atoms with Gasteiger partial charge in [0, 0.05) is 5.39 Å². The average Bonchev–Trinajstić information content (AvgIpc) is 2.57. The summed E-state index contributed by atoms with van der Waals surface area (Å²) in [6.07, 6.45) is 0. The molecule has 18 heavy (non-hydrogen) atoms. The Balaban J connectivity index is 2.30. The molecule has 0 aliphatic carbocycles. The van der Waals surface area contributed by atoms with E-state index in [-0.39, 0.29) is 0 Å². The highest BCUT2D eigenvalue weighted by molar-refractivity contribution is 9.10. The van der Waals surface area contributed by atoms with Crippen LogP contribution in [0.5, 0.6) is 0 Å². The molecule has 1 aromatic carbocycles. The van der Waals surface area contributed by atoms with E-state index in [0.717, 1.165) is 28.9 Å². The molecule has 0 bridgehead atoms. The van der Waals surface area contributed by atoms with E-state index in [1.165, 1.54) is 16.5 Å². The fourth-order valence-corrected chi connectivity index (χ4v) is 2.76. The quantitative estimate of drug-likeness (QED) is 0.895. The summed E-state index contributed by atoms with van der Waals surface area (Å²) in [5.41, 5.74) is 3.45. The van der Waals surface area contributed by atoms with Gasteiger partial charge in [0.1, 0.15) is 11.3 Å². The predicted octanol–water partition coefficient (Wildman–Crippen LogP) is 4.56. The molecule has 0 spiro atoms. The molecule has 1 heterocycles. The van der Waals surface area contributed by atoms with Gasteiger partial charge in [0.05, 0.1) is 11.0 Å². The molecule has 0 fully saturated rings. The van der Waals surface area contributed by atoms with E-state index in [0.29, 0.717) is 5.92 Å². The molecule has 1 N–H and O–H groups in total. The fourth-order valence-electron chi connectivity index (χ4n) is 2.10. The highest BCUT2D eigenvalue weighted by Gasteiger charge is 2.13. The zero-order valence-corrected chi connectivity index (χ0v) is 13.0. The van der Waals surface area contributed by atoms with E-state index < -0.39 is 0 Å². The van der Waals surface area contributed by atoms with E-state index in [1.807, 2.05) is 0 Å². The molecule has 0 unspecified atom stereocenters. The lowest BCUT2D eigenvalue weighted by Gasteiger charge is -2.05. The zero-order valence-electron chi connectivity index (χ0n) is 11.4. The first-order valence-corrected chi connectivity index (χ1v) is 7.17. The monoisotopic (exact) mass is 309 g/mol. The normalized spacial score (nSPS) is 11.7. The Kier molecular flexibility index (Phi) is 4.13. The van der Waals surface area contributed by atoms with Crippen LogP contribution in [0.25, 0.3) is 11.0 Å². The molecule has 2 aromatic rings. The lowest BCUT2D eigenvalue weighted by atomic mass is 10.1. The van der Waals surface area contributed by atoms with Crippen LogP contribution in [0, 0.1) is 19.8 Å². The SMILES string of the molecule is Cc1cc(Br)c2oc(CNCC(C)C)c(C)c2c1. The summed E-state index contributed by atoms with van der Waals surface area (Å²) in [7, 11) is 0. The van der Waals surface area contributed by atoms with Gasteiger partial charge in [0.15, 0.2) is 0 Å². The number of hydrogen-bond acceptors (Lipinski definition) is 2. The van der Waals surface area contributed by atoms with Gasteiger partial charge in [-0.3, -0.25) is 0 Å². The minimum atomic E-state index is 0.656. The maximum atomic E-state index is 5.96. The first-order valence-electron chi connectivity index (χ1n) is 6.38. The lowest BCUT2D eigenvalue weighted by molar-refractivity contribution is 0.482. The molecule has 2 nitrogen and oxygen atoms in total. The maximum Gasteiger partial charge on any atom is 0.148 e. The van der Waals surface area contributed by atoms with E-state index >= 15 is 0 Å². The van der Waals surface area contributed by atoms with Crippen molar-refractivity contribution in [2.45, 2.75) is 34.2 Å². The molecule has 0 aliphatic heterocycles. The smallest absolute Gasteiger partial charge is 0.148 e. The second-order valence-electron chi connectivity index (χ2n) is 5.30. The Morgan fingerprint density at radius 1 is 1.28 bits per heavy atom. The van der Waals surface area contributed by atoms with Gasteiger partial charge in [-0.1, -0.05) is 13.8 Å². The summed E-state index contributed by atoms with van der Waals surface area (Å²) in [6, 6.07) is 4.28. The number of rotatable bonds is 4. The number of halogens is 1. The third kappa shape index (κ3) is 2.78. The van der Waals surface area contributed by atoms with E-state index in [4.69, 9.17) is 4.42 Å². The Morgan fingerprint density at radius 2 is 2.00 bits per heavy atom. The first kappa shape index (κ1) is 13.6. The molecule has 1 aromatic heterocycles. The summed E-state index contributed by atoms with van der Waals surface area (Å²) in [4.78, 5) is 0. The van der Waals surface area contributed by atoms with Crippen LogP contribution in [0.15, 0.2) is 21.0 Å². The lowest BCUT2D eigenvalue weighted by Crippen LogP contribution is -2.18. The zero-order chi connectivity index (χ0) is 13.3. The van der Waals surface area contributed by atoms with Crippen LogP contribution in [0.3, 0.4) is 0 Å². The van der Waals surface area contributed by atoms with Gasteiger partial charge in [-0.15, -0.1) is 0 Å². The van der Waals surface area contributed by atoms with Crippen molar-refractivity contribution in [3.8, 4) is 0 Å². The summed E-state index contributed by atoms with van der Waals surface area (Å²) in [6.45, 7) is 10.5. The molecular weight excluding hydrogens is 290 g/mol. The number of furan rings is 1. The van der Waals surface area contributed by atoms with Gasteiger partial charge in [-0.25, -0.2) is 0 Å². The van der Waals surface area contributed by atoms with Crippen LogP contribution in [0.4, 0.5) is 0 Å². The van der Waals surface area contributed by atoms with Crippen molar-refractivity contribution in [3.05, 3.63) is 33.5 Å². The van der Waals surface area contributed by atoms with E-state index in [2.05, 4.69) is 61.1 Å². The van der Waals surface area contributed by atoms with Gasteiger partial charge < -0.3 is 9.73 Å². The number of benzene rings is 1. The Bertz CT molecular complexity index is 557. The molecular formula is C15H20BrNO. The molecule has 3 heteroatoms. The van der Waals surface area contributed by atoms with Gasteiger partial charge in [0.25, 0.3) is 0 Å². The minimum absolute atomic E-state index is 0.656. The van der Waals surface area contributed by atoms with Crippen molar-refractivity contribution in [3.63, 3.8) is 0 Å². The minimum Gasteiger partial charge on any atom is -0.458 e. The number of fused-ring (bicyclic) bond motifs is 1. The largest absolute Gasteiger partial charge is 0.458 e. The van der Waals surface area contributed by atoms with Gasteiger partial charge in [0.2, 0.25) is 0 Å².